The van der Waals surface area contributed by atoms with E-state index in [-0.39, 0.29) is 73.6 Å². The fourth-order valence-electron chi connectivity index (χ4n) is 7.08. The van der Waals surface area contributed by atoms with Gasteiger partial charge in [-0.05, 0) is 62.5 Å². The maximum atomic E-state index is 13.2. The third kappa shape index (κ3) is 21.3. The van der Waals surface area contributed by atoms with Crippen molar-refractivity contribution in [3.8, 4) is 0 Å². The molecular weight excluding hydrogens is 1040 g/mol. The first kappa shape index (κ1) is 65.0. The summed E-state index contributed by atoms with van der Waals surface area (Å²) in [5.74, 6) is -6.30. The summed E-state index contributed by atoms with van der Waals surface area (Å²) in [6.45, 7) is 17.1. The summed E-state index contributed by atoms with van der Waals surface area (Å²) in [7, 11) is 2.56. The van der Waals surface area contributed by atoms with Gasteiger partial charge in [-0.25, -0.2) is 13.8 Å². The summed E-state index contributed by atoms with van der Waals surface area (Å²) in [4.78, 5) is 130. The Labute approximate surface area is 449 Å². The van der Waals surface area contributed by atoms with Crippen LogP contribution in [0.5, 0.6) is 0 Å². The monoisotopic (exact) mass is 1110 g/mol. The molecule has 8 amide bonds. The highest BCUT2D eigenvalue weighted by molar-refractivity contribution is 8.76. The molecule has 0 aromatic heterocycles. The van der Waals surface area contributed by atoms with Gasteiger partial charge in [0.2, 0.25) is 35.4 Å². The second-order valence-corrected chi connectivity index (χ2v) is 24.7. The van der Waals surface area contributed by atoms with E-state index in [1.165, 1.54) is 33.7 Å². The normalized spacial score (nSPS) is 30.0. The zero-order valence-electron chi connectivity index (χ0n) is 43.6. The first-order chi connectivity index (χ1) is 34.4. The van der Waals surface area contributed by atoms with Gasteiger partial charge < -0.3 is 52.0 Å². The van der Waals surface area contributed by atoms with Crippen LogP contribution in [-0.4, -0.2) is 143 Å². The Bertz CT molecular complexity index is 2190. The number of nitrogens with one attached hydrogen (secondary N) is 8. The second-order valence-electron chi connectivity index (χ2n) is 18.7. The molecule has 0 aliphatic carbocycles. The van der Waals surface area contributed by atoms with Crippen LogP contribution < -0.4 is 42.5 Å². The van der Waals surface area contributed by atoms with Gasteiger partial charge in [-0.1, -0.05) is 112 Å². The average Bonchev–Trinajstić information content (AvgIpc) is 3.32. The number of allylic oxidation sites excluding steroid dienone is 4. The predicted molar refractivity (Wildman–Crippen MR) is 287 cm³/mol. The Kier molecular flexibility index (Phi) is 28.5. The van der Waals surface area contributed by atoms with Crippen LogP contribution in [0.25, 0.3) is 0 Å². The maximum Gasteiger partial charge on any atom is 0.329 e. The topological polar surface area (TPSA) is 302 Å². The molecule has 409 valence electrons. The molecule has 0 aromatic rings. The van der Waals surface area contributed by atoms with Gasteiger partial charge in [0.1, 0.15) is 59.9 Å². The largest absolute Gasteiger partial charge is 0.456 e. The molecule has 74 heavy (non-hydrogen) atoms. The summed E-state index contributed by atoms with van der Waals surface area (Å²) >= 11 is 0. The molecule has 0 saturated carbocycles. The molecule has 9 atom stereocenters. The zero-order chi connectivity index (χ0) is 54.5. The Morgan fingerprint density at radius 2 is 0.946 bits per heavy atom. The van der Waals surface area contributed by atoms with Crippen LogP contribution in [0, 0.1) is 23.7 Å². The van der Waals surface area contributed by atoms with Crippen molar-refractivity contribution in [3.63, 3.8) is 0 Å². The lowest BCUT2D eigenvalue weighted by molar-refractivity contribution is -0.154. The van der Waals surface area contributed by atoms with Gasteiger partial charge >= 0.3 is 11.9 Å². The first-order valence-electron chi connectivity index (χ1n) is 24.2. The zero-order valence-corrected chi connectivity index (χ0v) is 46.8. The molecule has 1 unspecified atom stereocenters. The Balaban J connectivity index is 0.000000500. The highest BCUT2D eigenvalue weighted by Gasteiger charge is 2.36. The van der Waals surface area contributed by atoms with Crippen LogP contribution in [0.15, 0.2) is 47.9 Å². The number of rotatable bonds is 4. The van der Waals surface area contributed by atoms with E-state index in [0.29, 0.717) is 18.6 Å². The molecule has 4 aliphatic heterocycles. The molecule has 26 heteroatoms. The van der Waals surface area contributed by atoms with Crippen LogP contribution in [0.3, 0.4) is 0 Å². The smallest absolute Gasteiger partial charge is 0.329 e. The number of hydrogen-bond acceptors (Lipinski definition) is 16. The molecular formula is C48H72BN8O13S4. The number of amides is 8. The first-order valence-corrected chi connectivity index (χ1v) is 29.5. The average molecular weight is 1110 g/mol. The van der Waals surface area contributed by atoms with Crippen LogP contribution in [-0.2, 0) is 67.3 Å². The molecule has 4 heterocycles. The minimum atomic E-state index is -1.38. The van der Waals surface area contributed by atoms with Crippen molar-refractivity contribution >= 4 is 110 Å². The number of ether oxygens (including phenoxy) is 2. The minimum absolute atomic E-state index is 0. The summed E-state index contributed by atoms with van der Waals surface area (Å²) in [5, 5.41) is 21.1. The summed E-state index contributed by atoms with van der Waals surface area (Å²) < 4.78 is 23.8. The summed E-state index contributed by atoms with van der Waals surface area (Å²) in [6, 6.07) is -6.04. The molecule has 4 aliphatic rings. The van der Waals surface area contributed by atoms with Gasteiger partial charge in [-0.3, -0.25) is 38.4 Å². The fraction of sp³-hybridized carbons (Fsp3) is 0.625. The van der Waals surface area contributed by atoms with Crippen LogP contribution in [0.1, 0.15) is 94.9 Å². The van der Waals surface area contributed by atoms with E-state index in [0.717, 1.165) is 10.8 Å². The second kappa shape index (κ2) is 32.4. The SMILES string of the molecule is C/C=C1\NC(=O)[C@H]2CSS(=O)CC/C=C/[C@H](CC(=O)N[C@H](C(C)C)C(=O)N2)OC(=O)[C@H](C(C)C)NC1=O.C/C=C1\NC(=O)[C@H]2CSSCC/C=C/[C@H](CC(=O)N[C@H](C(C)C)C(=O)N2)OC(=O)[C@H](C(C)C)NC1=O.[B]. The van der Waals surface area contributed by atoms with E-state index in [2.05, 4.69) is 42.5 Å². The molecule has 2 saturated heterocycles. The molecule has 4 bridgehead atoms. The molecule has 21 nitrogen and oxygen atoms in total. The third-order valence-electron chi connectivity index (χ3n) is 11.3. The van der Waals surface area contributed by atoms with Crippen molar-refractivity contribution in [2.45, 2.75) is 143 Å². The maximum absolute atomic E-state index is 13.2. The van der Waals surface area contributed by atoms with E-state index in [1.54, 1.807) is 87.5 Å². The molecule has 2 fully saturated rings. The van der Waals surface area contributed by atoms with Crippen molar-refractivity contribution in [2.75, 3.05) is 23.0 Å². The van der Waals surface area contributed by atoms with Gasteiger partial charge in [0.05, 0.1) is 22.7 Å². The fourth-order valence-corrected chi connectivity index (χ4v) is 11.7. The summed E-state index contributed by atoms with van der Waals surface area (Å²) in [6.07, 6.45) is 8.24. The number of hydrogen-bond donors (Lipinski definition) is 8. The van der Waals surface area contributed by atoms with Crippen LogP contribution >= 0.6 is 32.4 Å². The van der Waals surface area contributed by atoms with Gasteiger partial charge in [-0.15, -0.1) is 0 Å². The van der Waals surface area contributed by atoms with Gasteiger partial charge in [0, 0.05) is 31.4 Å². The minimum Gasteiger partial charge on any atom is -0.456 e. The van der Waals surface area contributed by atoms with Gasteiger partial charge in [0.15, 0.2) is 0 Å². The highest BCUT2D eigenvalue weighted by atomic mass is 33.1. The van der Waals surface area contributed by atoms with E-state index in [4.69, 9.17) is 9.47 Å². The molecule has 8 N–H and O–H groups in total. The Morgan fingerprint density at radius 3 is 1.35 bits per heavy atom. The number of carbonyl (C=O) groups excluding carboxylic acids is 10. The number of esters is 2. The summed E-state index contributed by atoms with van der Waals surface area (Å²) in [5.41, 5.74) is -0.160. The number of fused-ring (bicyclic) bond motifs is 14. The Hall–Kier alpha value is -5.08. The van der Waals surface area contributed by atoms with E-state index < -0.39 is 117 Å². The molecule has 0 spiro atoms. The number of carbonyl (C=O) groups is 10. The van der Waals surface area contributed by atoms with Gasteiger partial charge in [0.25, 0.3) is 11.8 Å². The molecule has 0 aromatic carbocycles. The molecule has 4 rings (SSSR count). The standard InChI is InChI=1S/C24H36N4O7S2.C24H36N4O6S2.B/c1-6-16-21(30)28-20(14(4)5)24(33)35-15-9-7-8-10-37(34)36-12-17(22(31)25-16)26-23(32)19(13(2)3)27-18(29)11-15;1-6-16-21(30)28-20(14(4)5)24(33)34-15-9-7-8-10-35-36-12-17(22(31)25-16)26-23(32)19(13(2)3)27-18(29)11-15;/h6-7,9,13-15,17,19-20H,8,10-12H2,1-5H3,(H,25,31)(H,26,32)(H,27,29)(H,28,30);6-7,9,13-15,17,19-20H,8,10-12H2,1-5H3,(H,25,31)(H,26,32)(H,27,29)(H,28,30);/b2*9-7+,16-6-;/t15-,17-,19-,20+,37?;15-,17-,19-,20+;/m11./s1. The van der Waals surface area contributed by atoms with Crippen LogP contribution in [0.4, 0.5) is 0 Å². The van der Waals surface area contributed by atoms with Crippen molar-refractivity contribution in [2.24, 2.45) is 23.7 Å². The lowest BCUT2D eigenvalue weighted by Crippen LogP contribution is -2.57. The predicted octanol–water partition coefficient (Wildman–Crippen LogP) is 1.49. The van der Waals surface area contributed by atoms with Crippen molar-refractivity contribution < 1.29 is 61.6 Å². The Morgan fingerprint density at radius 1 is 0.541 bits per heavy atom. The lowest BCUT2D eigenvalue weighted by atomic mass is 10.0. The van der Waals surface area contributed by atoms with Gasteiger partial charge in [-0.2, -0.15) is 0 Å². The van der Waals surface area contributed by atoms with Crippen molar-refractivity contribution in [1.29, 1.82) is 0 Å². The van der Waals surface area contributed by atoms with E-state index in [9.17, 15) is 52.2 Å². The van der Waals surface area contributed by atoms with Crippen molar-refractivity contribution in [1.82, 2.24) is 42.5 Å². The highest BCUT2D eigenvalue weighted by Crippen LogP contribution is 2.24. The van der Waals surface area contributed by atoms with Crippen LogP contribution in [0.2, 0.25) is 0 Å². The van der Waals surface area contributed by atoms with E-state index in [1.807, 2.05) is 6.08 Å². The third-order valence-corrected chi connectivity index (χ3v) is 16.8. The van der Waals surface area contributed by atoms with E-state index >= 15 is 0 Å². The molecule has 3 radical (unpaired) electrons. The van der Waals surface area contributed by atoms with Crippen molar-refractivity contribution in [3.05, 3.63) is 47.9 Å². The lowest BCUT2D eigenvalue weighted by Gasteiger charge is -2.27. The quantitative estimate of drug-likeness (QED) is 0.0651.